The molecule has 0 aromatic carbocycles. The van der Waals surface area contributed by atoms with E-state index in [1.165, 1.54) is 0 Å². The van der Waals surface area contributed by atoms with Crippen LogP contribution in [0.15, 0.2) is 23.1 Å². The first-order valence-electron chi connectivity index (χ1n) is 4.75. The summed E-state index contributed by atoms with van der Waals surface area (Å²) in [6.07, 6.45) is 5.08. The van der Waals surface area contributed by atoms with Crippen molar-refractivity contribution in [3.8, 4) is 12.0 Å². The molecule has 80 valence electrons. The Balaban J connectivity index is 2.43. The topological polar surface area (TPSA) is 53.1 Å². The normalized spacial score (nSPS) is 10.9. The van der Waals surface area contributed by atoms with Gasteiger partial charge in [0, 0.05) is 18.3 Å². The molecule has 0 saturated heterocycles. The lowest BCUT2D eigenvalue weighted by Gasteiger charge is -1.99. The molecule has 5 nitrogen and oxygen atoms in total. The van der Waals surface area contributed by atoms with Crippen LogP contribution in [0.5, 0.6) is 5.95 Å². The van der Waals surface area contributed by atoms with Crippen LogP contribution in [-0.2, 0) is 0 Å². The van der Waals surface area contributed by atoms with Crippen molar-refractivity contribution in [3.63, 3.8) is 0 Å². The first kappa shape index (κ1) is 9.76. The number of methoxy groups -OCH3 is 1. The van der Waals surface area contributed by atoms with Gasteiger partial charge in [0.05, 0.1) is 7.11 Å². The molecule has 0 amide bonds. The third-order valence-corrected chi connectivity index (χ3v) is 2.07. The molecule has 15 heavy (non-hydrogen) atoms. The van der Waals surface area contributed by atoms with Gasteiger partial charge in [0.15, 0.2) is 0 Å². The Morgan fingerprint density at radius 2 is 2.27 bits per heavy atom. The summed E-state index contributed by atoms with van der Waals surface area (Å²) in [5, 5.41) is 0. The number of nitrogens with zero attached hydrogens (tertiary/aromatic N) is 3. The van der Waals surface area contributed by atoms with Crippen LogP contribution >= 0.6 is 0 Å². The summed E-state index contributed by atoms with van der Waals surface area (Å²) in [5.41, 5.74) is 0.821. The van der Waals surface area contributed by atoms with Gasteiger partial charge in [-0.05, 0) is 0 Å². The molecule has 2 heterocycles. The summed E-state index contributed by atoms with van der Waals surface area (Å²) in [4.78, 5) is 8.28. The molecule has 2 aromatic heterocycles. The van der Waals surface area contributed by atoms with Gasteiger partial charge in [0.2, 0.25) is 0 Å². The Morgan fingerprint density at radius 3 is 2.73 bits per heavy atom. The highest BCUT2D eigenvalue weighted by Crippen LogP contribution is 2.27. The minimum atomic E-state index is 0.265. The molecule has 2 aromatic rings. The van der Waals surface area contributed by atoms with E-state index in [2.05, 4.69) is 9.97 Å². The predicted octanol–water partition coefficient (Wildman–Crippen LogP) is 1.99. The molecule has 0 radical (unpaired) electrons. The van der Waals surface area contributed by atoms with Gasteiger partial charge in [0.25, 0.3) is 0 Å². The highest BCUT2D eigenvalue weighted by Gasteiger charge is 2.17. The van der Waals surface area contributed by atoms with Crippen LogP contribution in [0.25, 0.3) is 6.01 Å². The average molecular weight is 207 g/mol. The Labute approximate surface area is 87.7 Å². The van der Waals surface area contributed by atoms with Gasteiger partial charge in [-0.15, -0.1) is 0 Å². The minimum Gasteiger partial charge on any atom is -0.467 e. The van der Waals surface area contributed by atoms with E-state index in [4.69, 9.17) is 9.15 Å². The number of oxazole rings is 1. The zero-order valence-electron chi connectivity index (χ0n) is 8.97. The van der Waals surface area contributed by atoms with Crippen molar-refractivity contribution in [1.29, 1.82) is 0 Å². The summed E-state index contributed by atoms with van der Waals surface area (Å²) in [6, 6.07) is 0.480. The van der Waals surface area contributed by atoms with E-state index in [1.807, 2.05) is 13.8 Å². The molecule has 0 spiro atoms. The first-order chi connectivity index (χ1) is 7.22. The lowest BCUT2D eigenvalue weighted by Crippen LogP contribution is -1.93. The van der Waals surface area contributed by atoms with Crippen molar-refractivity contribution < 1.29 is 9.15 Å². The van der Waals surface area contributed by atoms with E-state index >= 15 is 0 Å². The van der Waals surface area contributed by atoms with Gasteiger partial charge < -0.3 is 9.15 Å². The summed E-state index contributed by atoms with van der Waals surface area (Å²) >= 11 is 0. The largest absolute Gasteiger partial charge is 0.467 e. The van der Waals surface area contributed by atoms with Crippen molar-refractivity contribution in [2.75, 3.05) is 7.11 Å². The molecule has 0 aliphatic carbocycles. The molecular formula is C10H13N3O2. The zero-order chi connectivity index (χ0) is 10.8. The van der Waals surface area contributed by atoms with E-state index in [0.717, 1.165) is 5.69 Å². The third-order valence-electron chi connectivity index (χ3n) is 2.07. The summed E-state index contributed by atoms with van der Waals surface area (Å²) in [6.45, 7) is 4.08. The standard InChI is InChI=1S/C10H13N3O2/c1-7(2)8-9(14-3)15-10(12-8)13-5-4-11-6-13/h4-7H,1-3H3. The third kappa shape index (κ3) is 1.72. The fourth-order valence-corrected chi connectivity index (χ4v) is 1.30. The van der Waals surface area contributed by atoms with Gasteiger partial charge in [0.1, 0.15) is 12.0 Å². The molecule has 5 heteroatoms. The number of hydrogen-bond acceptors (Lipinski definition) is 4. The van der Waals surface area contributed by atoms with Crippen molar-refractivity contribution in [3.05, 3.63) is 24.4 Å². The van der Waals surface area contributed by atoms with Crippen molar-refractivity contribution >= 4 is 0 Å². The maximum absolute atomic E-state index is 5.46. The molecule has 0 saturated carbocycles. The van der Waals surface area contributed by atoms with Crippen LogP contribution in [0.1, 0.15) is 25.5 Å². The molecule has 0 aliphatic heterocycles. The Bertz CT molecular complexity index is 431. The molecule has 0 N–H and O–H groups in total. The lowest BCUT2D eigenvalue weighted by atomic mass is 10.1. The van der Waals surface area contributed by atoms with Crippen LogP contribution in [0, 0.1) is 0 Å². The van der Waals surface area contributed by atoms with Gasteiger partial charge in [-0.25, -0.2) is 4.98 Å². The molecule has 0 unspecified atom stereocenters. The second-order valence-electron chi connectivity index (χ2n) is 3.50. The second-order valence-corrected chi connectivity index (χ2v) is 3.50. The van der Waals surface area contributed by atoms with Gasteiger partial charge in [-0.2, -0.15) is 4.98 Å². The quantitative estimate of drug-likeness (QED) is 0.772. The fourth-order valence-electron chi connectivity index (χ4n) is 1.30. The van der Waals surface area contributed by atoms with Crippen LogP contribution in [0.2, 0.25) is 0 Å². The van der Waals surface area contributed by atoms with E-state index < -0.39 is 0 Å². The van der Waals surface area contributed by atoms with Crippen LogP contribution in [0.3, 0.4) is 0 Å². The Hall–Kier alpha value is -1.78. The first-order valence-corrected chi connectivity index (χ1v) is 4.75. The number of aromatic nitrogens is 3. The number of imidazole rings is 1. The van der Waals surface area contributed by atoms with Crippen molar-refractivity contribution in [2.45, 2.75) is 19.8 Å². The van der Waals surface area contributed by atoms with Crippen molar-refractivity contribution in [2.24, 2.45) is 0 Å². The summed E-state index contributed by atoms with van der Waals surface area (Å²) < 4.78 is 12.3. The molecule has 0 bridgehead atoms. The maximum atomic E-state index is 5.46. The Morgan fingerprint density at radius 1 is 1.47 bits per heavy atom. The number of rotatable bonds is 3. The summed E-state index contributed by atoms with van der Waals surface area (Å²) in [7, 11) is 1.57. The minimum absolute atomic E-state index is 0.265. The maximum Gasteiger partial charge on any atom is 0.310 e. The van der Waals surface area contributed by atoms with E-state index in [1.54, 1.807) is 30.4 Å². The number of hydrogen-bond donors (Lipinski definition) is 0. The monoisotopic (exact) mass is 207 g/mol. The molecule has 0 fully saturated rings. The molecular weight excluding hydrogens is 194 g/mol. The molecule has 0 aliphatic rings. The zero-order valence-corrected chi connectivity index (χ0v) is 8.97. The van der Waals surface area contributed by atoms with Crippen LogP contribution in [-0.4, -0.2) is 21.6 Å². The SMILES string of the molecule is COc1oc(-n2ccnc2)nc1C(C)C. The average Bonchev–Trinajstić information content (AvgIpc) is 2.86. The highest BCUT2D eigenvalue weighted by atomic mass is 16.6. The van der Waals surface area contributed by atoms with E-state index in [9.17, 15) is 0 Å². The van der Waals surface area contributed by atoms with Gasteiger partial charge >= 0.3 is 12.0 Å². The van der Waals surface area contributed by atoms with E-state index in [-0.39, 0.29) is 5.92 Å². The lowest BCUT2D eigenvalue weighted by molar-refractivity contribution is 0.297. The summed E-state index contributed by atoms with van der Waals surface area (Å²) in [5.74, 6) is 0.731. The molecule has 2 rings (SSSR count). The highest BCUT2D eigenvalue weighted by molar-refractivity contribution is 5.24. The second kappa shape index (κ2) is 3.76. The fraction of sp³-hybridized carbons (Fsp3) is 0.400. The van der Waals surface area contributed by atoms with Gasteiger partial charge in [-0.1, -0.05) is 13.8 Å². The van der Waals surface area contributed by atoms with Crippen LogP contribution < -0.4 is 4.74 Å². The van der Waals surface area contributed by atoms with E-state index in [0.29, 0.717) is 12.0 Å². The molecule has 0 atom stereocenters. The van der Waals surface area contributed by atoms with Crippen LogP contribution in [0.4, 0.5) is 0 Å². The predicted molar refractivity (Wildman–Crippen MR) is 54.3 cm³/mol. The van der Waals surface area contributed by atoms with Gasteiger partial charge in [-0.3, -0.25) is 4.57 Å². The smallest absolute Gasteiger partial charge is 0.310 e. The van der Waals surface area contributed by atoms with Crippen molar-refractivity contribution in [1.82, 2.24) is 14.5 Å². The Kier molecular flexibility index (Phi) is 2.45. The number of ether oxygens (including phenoxy) is 1.